The Balaban J connectivity index is 1.46. The molecule has 0 unspecified atom stereocenters. The monoisotopic (exact) mass is 554 g/mol. The lowest BCUT2D eigenvalue weighted by atomic mass is 9.34. The molecule has 0 aromatic heterocycles. The highest BCUT2D eigenvalue weighted by atomic mass is 32.2. The van der Waals surface area contributed by atoms with Crippen LogP contribution >= 0.6 is 0 Å². The molecule has 1 aromatic carbocycles. The van der Waals surface area contributed by atoms with Gasteiger partial charge in [0.05, 0.1) is 27.8 Å². The molecular formula is C30H38N2O6S. The molecule has 1 heterocycles. The molecule has 1 aliphatic heterocycles. The zero-order chi connectivity index (χ0) is 28.3. The Bertz CT molecular complexity index is 1420. The van der Waals surface area contributed by atoms with Crippen molar-refractivity contribution in [3.8, 4) is 0 Å². The summed E-state index contributed by atoms with van der Waals surface area (Å²) in [5.74, 6) is -1.80. The topological polar surface area (TPSA) is 135 Å². The minimum atomic E-state index is -3.90. The van der Waals surface area contributed by atoms with E-state index in [1.165, 1.54) is 34.7 Å². The third kappa shape index (κ3) is 3.38. The number of aliphatic carboxylic acids is 1. The Morgan fingerprint density at radius 3 is 2.31 bits per heavy atom. The van der Waals surface area contributed by atoms with Crippen molar-refractivity contribution in [2.24, 2.45) is 56.9 Å². The Kier molecular flexibility index (Phi) is 5.65. The number of carboxylic acid groups (broad SMARTS) is 1. The quantitative estimate of drug-likeness (QED) is 0.420. The molecule has 2 amide bonds. The molecule has 1 spiro atoms. The van der Waals surface area contributed by atoms with Crippen molar-refractivity contribution in [2.75, 3.05) is 4.90 Å². The van der Waals surface area contributed by atoms with Crippen molar-refractivity contribution in [3.63, 3.8) is 0 Å². The first-order valence-corrected chi connectivity index (χ1v) is 15.7. The fourth-order valence-electron chi connectivity index (χ4n) is 10.00. The van der Waals surface area contributed by atoms with E-state index in [0.717, 1.165) is 25.7 Å². The second kappa shape index (κ2) is 8.26. The number of anilines is 1. The summed E-state index contributed by atoms with van der Waals surface area (Å²) in [6, 6.07) is 5.64. The van der Waals surface area contributed by atoms with E-state index in [1.54, 1.807) is 0 Å². The van der Waals surface area contributed by atoms with E-state index in [0.29, 0.717) is 18.5 Å². The fourth-order valence-corrected chi connectivity index (χ4v) is 10.5. The molecule has 0 radical (unpaired) electrons. The van der Waals surface area contributed by atoms with Gasteiger partial charge in [-0.25, -0.2) is 13.6 Å². The molecule has 3 N–H and O–H groups in total. The van der Waals surface area contributed by atoms with Gasteiger partial charge in [-0.3, -0.25) is 19.3 Å². The molecular weight excluding hydrogens is 516 g/mol. The van der Waals surface area contributed by atoms with E-state index in [9.17, 15) is 27.9 Å². The van der Waals surface area contributed by atoms with Crippen molar-refractivity contribution in [2.45, 2.75) is 71.1 Å². The summed E-state index contributed by atoms with van der Waals surface area (Å²) in [5.41, 5.74) is 0.0882. The number of carbonyl (C=O) groups excluding carboxylic acids is 2. The summed E-state index contributed by atoms with van der Waals surface area (Å²) >= 11 is 0. The second-order valence-electron chi connectivity index (χ2n) is 13.5. The number of nitrogens with two attached hydrogens (primary N) is 1. The average molecular weight is 555 g/mol. The molecule has 3 saturated carbocycles. The predicted molar refractivity (Wildman–Crippen MR) is 145 cm³/mol. The largest absolute Gasteiger partial charge is 0.481 e. The molecule has 8 atom stereocenters. The maximum absolute atomic E-state index is 14.3. The van der Waals surface area contributed by atoms with Crippen LogP contribution in [0.3, 0.4) is 0 Å². The summed E-state index contributed by atoms with van der Waals surface area (Å²) in [6.45, 7) is 8.46. The van der Waals surface area contributed by atoms with Crippen molar-refractivity contribution < 1.29 is 27.9 Å². The number of carbonyl (C=O) groups is 3. The highest BCUT2D eigenvalue weighted by Gasteiger charge is 2.73. The molecule has 4 fully saturated rings. The van der Waals surface area contributed by atoms with E-state index >= 15 is 0 Å². The van der Waals surface area contributed by atoms with Gasteiger partial charge in [-0.2, -0.15) is 0 Å². The molecule has 7 rings (SSSR count). The molecule has 5 aliphatic carbocycles. The van der Waals surface area contributed by atoms with Gasteiger partial charge in [-0.15, -0.1) is 0 Å². The smallest absolute Gasteiger partial charge is 0.309 e. The molecule has 9 heteroatoms. The zero-order valence-electron chi connectivity index (χ0n) is 23.0. The van der Waals surface area contributed by atoms with Crippen LogP contribution in [0.2, 0.25) is 0 Å². The lowest BCUT2D eigenvalue weighted by Gasteiger charge is -2.68. The molecule has 8 nitrogen and oxygen atoms in total. The van der Waals surface area contributed by atoms with Gasteiger partial charge in [0.2, 0.25) is 21.8 Å². The van der Waals surface area contributed by atoms with Crippen LogP contribution in [0, 0.1) is 51.8 Å². The highest BCUT2D eigenvalue weighted by molar-refractivity contribution is 7.89. The van der Waals surface area contributed by atoms with Crippen LogP contribution in [0.25, 0.3) is 0 Å². The van der Waals surface area contributed by atoms with Gasteiger partial charge in [-0.1, -0.05) is 38.8 Å². The predicted octanol–water partition coefficient (Wildman–Crippen LogP) is 4.35. The normalized spacial score (nSPS) is 41.2. The summed E-state index contributed by atoms with van der Waals surface area (Å²) in [5, 5.41) is 15.5. The number of rotatable bonds is 4. The number of imide groups is 1. The maximum Gasteiger partial charge on any atom is 0.309 e. The van der Waals surface area contributed by atoms with Gasteiger partial charge in [0, 0.05) is 5.41 Å². The van der Waals surface area contributed by atoms with Crippen LogP contribution in [-0.4, -0.2) is 31.3 Å². The Hall–Kier alpha value is -2.52. The number of primary sulfonamides is 1. The van der Waals surface area contributed by atoms with Crippen molar-refractivity contribution in [1.82, 2.24) is 0 Å². The van der Waals surface area contributed by atoms with Crippen LogP contribution in [0.5, 0.6) is 0 Å². The third-order valence-corrected chi connectivity index (χ3v) is 12.5. The molecule has 6 aliphatic rings. The van der Waals surface area contributed by atoms with Crippen molar-refractivity contribution >= 4 is 33.5 Å². The summed E-state index contributed by atoms with van der Waals surface area (Å²) in [4.78, 5) is 42.1. The minimum Gasteiger partial charge on any atom is -0.481 e. The van der Waals surface area contributed by atoms with E-state index in [1.807, 2.05) is 6.92 Å². The van der Waals surface area contributed by atoms with Gasteiger partial charge >= 0.3 is 5.97 Å². The SMILES string of the molecule is CC(C)C1=C[C@]23CC[C@H]4[C@](C)(CCC[C@@]4(C)C(=O)O)[C@@H]2C[C@H]1[C@H]1C(=O)N(c2ccc(S(N)(=O)=O)cc2)C(=O)[C@H]13. The standard InChI is InChI=1S/C30H38N2O6S/c1-16(2)20-15-30-13-10-21-28(3,11-5-12-29(21,4)27(35)36)22(30)14-19(20)23-24(30)26(34)32(25(23)33)17-6-8-18(9-7-17)39(31,37)38/h6-9,15-16,19,21-24H,5,10-14H2,1-4H3,(H,35,36)(H2,31,37,38)/t19-,21+,22+,23-,24+,28+,29-,30-/m1/s1. The van der Waals surface area contributed by atoms with Gasteiger partial charge in [0.1, 0.15) is 0 Å². The summed E-state index contributed by atoms with van der Waals surface area (Å²) in [6.07, 6.45) is 7.01. The molecule has 210 valence electrons. The molecule has 39 heavy (non-hydrogen) atoms. The van der Waals surface area contributed by atoms with Gasteiger partial charge in [0.25, 0.3) is 0 Å². The molecule has 1 aromatic rings. The van der Waals surface area contributed by atoms with E-state index in [4.69, 9.17) is 5.14 Å². The Morgan fingerprint density at radius 2 is 1.72 bits per heavy atom. The van der Waals surface area contributed by atoms with Gasteiger partial charge in [-0.05, 0) is 92.4 Å². The Morgan fingerprint density at radius 1 is 1.05 bits per heavy atom. The van der Waals surface area contributed by atoms with Crippen LogP contribution < -0.4 is 10.0 Å². The lowest BCUT2D eigenvalue weighted by Crippen LogP contribution is -2.65. The maximum atomic E-state index is 14.3. The number of carboxylic acids is 1. The number of sulfonamides is 1. The van der Waals surface area contributed by atoms with Crippen LogP contribution in [0.15, 0.2) is 40.8 Å². The van der Waals surface area contributed by atoms with Gasteiger partial charge in [0.15, 0.2) is 0 Å². The van der Waals surface area contributed by atoms with E-state index in [2.05, 4.69) is 26.8 Å². The minimum absolute atomic E-state index is 0.0228. The second-order valence-corrected chi connectivity index (χ2v) is 15.1. The number of benzene rings is 1. The Labute approximate surface area is 230 Å². The van der Waals surface area contributed by atoms with E-state index in [-0.39, 0.29) is 45.8 Å². The first-order chi connectivity index (χ1) is 18.2. The number of amides is 2. The number of fused-ring (bicyclic) bond motifs is 1. The molecule has 2 bridgehead atoms. The molecule has 1 saturated heterocycles. The van der Waals surface area contributed by atoms with Gasteiger partial charge < -0.3 is 5.11 Å². The number of nitrogens with zero attached hydrogens (tertiary/aromatic N) is 1. The summed E-state index contributed by atoms with van der Waals surface area (Å²) < 4.78 is 23.5. The first kappa shape index (κ1) is 26.7. The van der Waals surface area contributed by atoms with Crippen LogP contribution in [-0.2, 0) is 24.4 Å². The van der Waals surface area contributed by atoms with E-state index < -0.39 is 38.7 Å². The zero-order valence-corrected chi connectivity index (χ0v) is 23.8. The number of hydrogen-bond acceptors (Lipinski definition) is 5. The van der Waals surface area contributed by atoms with Crippen LogP contribution in [0.1, 0.15) is 66.2 Å². The fraction of sp³-hybridized carbons (Fsp3) is 0.633. The highest BCUT2D eigenvalue weighted by Crippen LogP contribution is 2.74. The number of hydrogen-bond donors (Lipinski definition) is 2. The number of allylic oxidation sites excluding steroid dienone is 2. The first-order valence-electron chi connectivity index (χ1n) is 14.1. The summed E-state index contributed by atoms with van der Waals surface area (Å²) in [7, 11) is -3.90. The van der Waals surface area contributed by atoms with Crippen molar-refractivity contribution in [1.29, 1.82) is 0 Å². The van der Waals surface area contributed by atoms with Crippen molar-refractivity contribution in [3.05, 3.63) is 35.9 Å². The third-order valence-electron chi connectivity index (χ3n) is 11.6. The average Bonchev–Trinajstić information content (AvgIpc) is 3.14. The van der Waals surface area contributed by atoms with Crippen LogP contribution in [0.4, 0.5) is 5.69 Å². The lowest BCUT2D eigenvalue weighted by molar-refractivity contribution is -0.194.